The lowest BCUT2D eigenvalue weighted by molar-refractivity contribution is -0.122. The number of aliphatic hydroxyl groups is 1. The second-order valence-corrected chi connectivity index (χ2v) is 9.95. The molecule has 3 fully saturated rings. The van der Waals surface area contributed by atoms with Crippen molar-refractivity contribution in [2.45, 2.75) is 45.8 Å². The molecular weight excluding hydrogens is 462 g/mol. The van der Waals surface area contributed by atoms with Crippen molar-refractivity contribution in [2.24, 2.45) is 23.2 Å². The average Bonchev–Trinajstić information content (AvgIpc) is 2.77. The van der Waals surface area contributed by atoms with Gasteiger partial charge in [0.2, 0.25) is 5.91 Å². The molecule has 3 saturated carbocycles. The second-order valence-electron chi connectivity index (χ2n) is 9.16. The van der Waals surface area contributed by atoms with E-state index >= 15 is 0 Å². The fourth-order valence-corrected chi connectivity index (χ4v) is 5.56. The predicted molar refractivity (Wildman–Crippen MR) is 120 cm³/mol. The van der Waals surface area contributed by atoms with Gasteiger partial charge in [0.15, 0.2) is 0 Å². The molecule has 0 aromatic carbocycles. The summed E-state index contributed by atoms with van der Waals surface area (Å²) in [4.78, 5) is 28.9. The molecule has 0 saturated heterocycles. The lowest BCUT2D eigenvalue weighted by Gasteiger charge is -2.62. The average molecular weight is 490 g/mol. The Labute approximate surface area is 189 Å². The zero-order valence-electron chi connectivity index (χ0n) is 17.7. The maximum absolute atomic E-state index is 12.7. The van der Waals surface area contributed by atoms with Gasteiger partial charge in [-0.15, -0.1) is 0 Å². The van der Waals surface area contributed by atoms with E-state index in [2.05, 4.69) is 50.5 Å². The highest BCUT2D eigenvalue weighted by Gasteiger charge is 2.57. The first kappa shape index (κ1) is 22.0. The van der Waals surface area contributed by atoms with Crippen LogP contribution in [0.3, 0.4) is 0 Å². The smallest absolute Gasteiger partial charge is 0.283 e. The van der Waals surface area contributed by atoms with Crippen LogP contribution in [0.1, 0.15) is 32.3 Å². The van der Waals surface area contributed by atoms with Gasteiger partial charge in [0.05, 0.1) is 11.9 Å². The number of fused-ring (bicyclic) bond motifs is 2. The Morgan fingerprint density at radius 3 is 2.74 bits per heavy atom. The van der Waals surface area contributed by atoms with Gasteiger partial charge in [0.25, 0.3) is 5.56 Å². The number of amides is 1. The Morgan fingerprint density at radius 1 is 1.32 bits per heavy atom. The number of anilines is 1. The molecule has 31 heavy (non-hydrogen) atoms. The van der Waals surface area contributed by atoms with E-state index in [0.717, 1.165) is 23.1 Å². The van der Waals surface area contributed by atoms with Gasteiger partial charge in [0, 0.05) is 37.5 Å². The summed E-state index contributed by atoms with van der Waals surface area (Å²) < 4.78 is 1.49. The van der Waals surface area contributed by atoms with E-state index in [0.29, 0.717) is 28.5 Å². The van der Waals surface area contributed by atoms with E-state index in [1.165, 1.54) is 0 Å². The Kier molecular flexibility index (Phi) is 6.16. The number of carbonyl (C=O) groups excluding carboxylic acids is 1. The largest absolute Gasteiger partial charge is 0.396 e. The number of carbonyl (C=O) groups is 1. The van der Waals surface area contributed by atoms with Crippen molar-refractivity contribution in [3.63, 3.8) is 0 Å². The summed E-state index contributed by atoms with van der Waals surface area (Å²) in [5.74, 6) is 0.946. The fourth-order valence-electron chi connectivity index (χ4n) is 5.14. The molecule has 0 spiro atoms. The highest BCUT2D eigenvalue weighted by Crippen LogP contribution is 2.61. The fraction of sp³-hybridized carbons (Fsp3) is 0.545. The topological polar surface area (TPSA) is 109 Å². The number of rotatable bonds is 7. The summed E-state index contributed by atoms with van der Waals surface area (Å²) in [6.45, 7) is 4.88. The molecule has 0 radical (unpaired) electrons. The van der Waals surface area contributed by atoms with E-state index in [4.69, 9.17) is 0 Å². The number of nitrogens with one attached hydrogen (secondary N) is 2. The number of halogens is 1. The molecule has 5 rings (SSSR count). The van der Waals surface area contributed by atoms with Crippen molar-refractivity contribution in [2.75, 3.05) is 11.9 Å². The van der Waals surface area contributed by atoms with Crippen LogP contribution in [0.25, 0.3) is 0 Å². The zero-order chi connectivity index (χ0) is 22.2. The summed E-state index contributed by atoms with van der Waals surface area (Å²) in [6.07, 6.45) is 7.01. The Bertz CT molecular complexity index is 1010. The van der Waals surface area contributed by atoms with Crippen LogP contribution in [0.15, 0.2) is 40.0 Å². The van der Waals surface area contributed by atoms with Crippen LogP contribution in [0.2, 0.25) is 0 Å². The van der Waals surface area contributed by atoms with Gasteiger partial charge in [-0.1, -0.05) is 13.8 Å². The molecule has 3 N–H and O–H groups in total. The van der Waals surface area contributed by atoms with Crippen LogP contribution < -0.4 is 16.2 Å². The minimum atomic E-state index is -0.370. The normalized spacial score (nSPS) is 26.1. The Morgan fingerprint density at radius 2 is 2.06 bits per heavy atom. The van der Waals surface area contributed by atoms with Gasteiger partial charge in [-0.25, -0.2) is 4.68 Å². The van der Waals surface area contributed by atoms with Crippen LogP contribution in [0.5, 0.6) is 0 Å². The molecular formula is C22H28BrN5O3. The van der Waals surface area contributed by atoms with E-state index in [-0.39, 0.29) is 42.0 Å². The lowest BCUT2D eigenvalue weighted by atomic mass is 9.44. The Hall–Kier alpha value is -2.26. The number of pyridine rings is 1. The molecule has 3 aliphatic rings. The molecule has 0 unspecified atom stereocenters. The highest BCUT2D eigenvalue weighted by molar-refractivity contribution is 9.10. The molecule has 2 aromatic rings. The van der Waals surface area contributed by atoms with E-state index in [1.54, 1.807) is 18.6 Å². The van der Waals surface area contributed by atoms with Crippen LogP contribution in [0, 0.1) is 23.2 Å². The van der Waals surface area contributed by atoms with Gasteiger partial charge in [0.1, 0.15) is 11.0 Å². The van der Waals surface area contributed by atoms with Crippen molar-refractivity contribution >= 4 is 27.5 Å². The van der Waals surface area contributed by atoms with Gasteiger partial charge < -0.3 is 15.7 Å². The monoisotopic (exact) mass is 489 g/mol. The standard InChI is InChI=1S/C22H28BrN5O3/c1-22(2)14-7-16(22)15(12-29)17(8-14)27-18-10-26-28(21(31)20(18)23)11-19(30)25-9-13-3-5-24-6-4-13/h3-6,10,14-17,27,29H,7-9,11-12H2,1-2H3,(H,25,30)/t14-,15+,16+,17+/m0/s1. The summed E-state index contributed by atoms with van der Waals surface area (Å²) in [7, 11) is 0. The number of hydrogen-bond donors (Lipinski definition) is 3. The third-order valence-electron chi connectivity index (χ3n) is 7.19. The number of aromatic nitrogens is 3. The minimum absolute atomic E-state index is 0.0961. The number of hydrogen-bond acceptors (Lipinski definition) is 6. The molecule has 2 bridgehead atoms. The maximum atomic E-state index is 12.7. The molecule has 2 heterocycles. The van der Waals surface area contributed by atoms with Crippen LogP contribution in [0.4, 0.5) is 5.69 Å². The Balaban J connectivity index is 1.41. The van der Waals surface area contributed by atoms with E-state index in [1.807, 2.05) is 12.1 Å². The first-order valence-corrected chi connectivity index (χ1v) is 11.4. The molecule has 0 aliphatic heterocycles. The van der Waals surface area contributed by atoms with Crippen molar-refractivity contribution in [1.82, 2.24) is 20.1 Å². The highest BCUT2D eigenvalue weighted by atomic mass is 79.9. The van der Waals surface area contributed by atoms with Gasteiger partial charge in [-0.3, -0.25) is 14.6 Å². The van der Waals surface area contributed by atoms with Gasteiger partial charge in [-0.2, -0.15) is 5.10 Å². The van der Waals surface area contributed by atoms with Crippen LogP contribution in [-0.4, -0.2) is 38.4 Å². The lowest BCUT2D eigenvalue weighted by Crippen LogP contribution is -2.60. The molecule has 8 nitrogen and oxygen atoms in total. The van der Waals surface area contributed by atoms with Crippen molar-refractivity contribution < 1.29 is 9.90 Å². The summed E-state index contributed by atoms with van der Waals surface area (Å²) in [6, 6.07) is 3.73. The summed E-state index contributed by atoms with van der Waals surface area (Å²) in [5, 5.41) is 20.4. The summed E-state index contributed by atoms with van der Waals surface area (Å²) in [5.41, 5.74) is 1.41. The van der Waals surface area contributed by atoms with Gasteiger partial charge >= 0.3 is 0 Å². The SMILES string of the molecule is CC1(C)[C@H]2C[C@@H]1[C@@H](CO)[C@H](Nc1cnn(CC(=O)NCc3ccncc3)c(=O)c1Br)C2. The molecule has 9 heteroatoms. The van der Waals surface area contributed by atoms with Crippen LogP contribution in [-0.2, 0) is 17.9 Å². The third kappa shape index (κ3) is 4.25. The maximum Gasteiger partial charge on any atom is 0.283 e. The first-order chi connectivity index (χ1) is 14.8. The van der Waals surface area contributed by atoms with Crippen molar-refractivity contribution in [3.05, 3.63) is 51.1 Å². The van der Waals surface area contributed by atoms with E-state index < -0.39 is 0 Å². The molecule has 3 aliphatic carbocycles. The number of nitrogens with zero attached hydrogens (tertiary/aromatic N) is 3. The molecule has 1 amide bonds. The zero-order valence-corrected chi connectivity index (χ0v) is 19.3. The molecule has 2 aromatic heterocycles. The second kappa shape index (κ2) is 8.70. The molecule has 4 atom stereocenters. The van der Waals surface area contributed by atoms with E-state index in [9.17, 15) is 14.7 Å². The summed E-state index contributed by atoms with van der Waals surface area (Å²) >= 11 is 3.38. The number of aliphatic hydroxyl groups excluding tert-OH is 1. The molecule has 166 valence electrons. The first-order valence-electron chi connectivity index (χ1n) is 10.6. The van der Waals surface area contributed by atoms with Crippen LogP contribution >= 0.6 is 15.9 Å². The van der Waals surface area contributed by atoms with Crippen molar-refractivity contribution in [3.8, 4) is 0 Å². The minimum Gasteiger partial charge on any atom is -0.396 e. The third-order valence-corrected chi connectivity index (χ3v) is 7.95. The van der Waals surface area contributed by atoms with Gasteiger partial charge in [-0.05, 0) is 63.7 Å². The predicted octanol–water partition coefficient (Wildman–Crippen LogP) is 2.17. The quantitative estimate of drug-likeness (QED) is 0.549. The van der Waals surface area contributed by atoms with Crippen molar-refractivity contribution in [1.29, 1.82) is 0 Å².